The van der Waals surface area contributed by atoms with Crippen LogP contribution >= 0.6 is 0 Å². The summed E-state index contributed by atoms with van der Waals surface area (Å²) in [4.78, 5) is 0. The van der Waals surface area contributed by atoms with Crippen molar-refractivity contribution in [2.24, 2.45) is 0 Å². The Labute approximate surface area is 152 Å². The van der Waals surface area contributed by atoms with E-state index in [1.54, 1.807) is 0 Å². The van der Waals surface area contributed by atoms with Crippen molar-refractivity contribution in [3.05, 3.63) is 54.6 Å². The highest BCUT2D eigenvalue weighted by atomic mass is 16.5. The lowest BCUT2D eigenvalue weighted by Crippen LogP contribution is -2.09. The Morgan fingerprint density at radius 3 is 2.20 bits per heavy atom. The van der Waals surface area contributed by atoms with Crippen LogP contribution in [0.15, 0.2) is 54.6 Å². The molecule has 3 nitrogen and oxygen atoms in total. The van der Waals surface area contributed by atoms with Crippen LogP contribution < -0.4 is 14.8 Å². The Kier molecular flexibility index (Phi) is 9.38. The zero-order valence-electron chi connectivity index (χ0n) is 15.4. The number of nitrogens with one attached hydrogen (secondary N) is 1. The number of para-hydroxylation sites is 1. The van der Waals surface area contributed by atoms with Gasteiger partial charge in [-0.05, 0) is 30.7 Å². The van der Waals surface area contributed by atoms with Crippen LogP contribution in [0.4, 0.5) is 5.69 Å². The fourth-order valence-electron chi connectivity index (χ4n) is 2.67. The number of ether oxygens (including phenoxy) is 2. The summed E-state index contributed by atoms with van der Waals surface area (Å²) in [6, 6.07) is 18.0. The molecule has 0 aliphatic carbocycles. The molecule has 0 bridgehead atoms. The van der Waals surface area contributed by atoms with Crippen molar-refractivity contribution in [3.63, 3.8) is 0 Å². The van der Waals surface area contributed by atoms with Gasteiger partial charge >= 0.3 is 0 Å². The SMILES string of the molecule is CCCCCCCCNc1cccc(OCCOc2ccccc2)c1. The Morgan fingerprint density at radius 2 is 1.40 bits per heavy atom. The lowest BCUT2D eigenvalue weighted by Gasteiger charge is -2.11. The highest BCUT2D eigenvalue weighted by Gasteiger charge is 1.98. The maximum absolute atomic E-state index is 5.78. The third-order valence-corrected chi connectivity index (χ3v) is 4.06. The van der Waals surface area contributed by atoms with E-state index in [4.69, 9.17) is 9.47 Å². The number of benzene rings is 2. The number of hydrogen-bond donors (Lipinski definition) is 1. The molecule has 2 aromatic rings. The number of hydrogen-bond acceptors (Lipinski definition) is 3. The van der Waals surface area contributed by atoms with Crippen molar-refractivity contribution in [3.8, 4) is 11.5 Å². The fourth-order valence-corrected chi connectivity index (χ4v) is 2.67. The van der Waals surface area contributed by atoms with Crippen molar-refractivity contribution < 1.29 is 9.47 Å². The minimum atomic E-state index is 0.537. The maximum Gasteiger partial charge on any atom is 0.122 e. The summed E-state index contributed by atoms with van der Waals surface area (Å²) in [7, 11) is 0. The predicted molar refractivity (Wildman–Crippen MR) is 106 cm³/mol. The van der Waals surface area contributed by atoms with Crippen LogP contribution in [0.3, 0.4) is 0 Å². The molecule has 1 N–H and O–H groups in total. The van der Waals surface area contributed by atoms with E-state index in [1.165, 1.54) is 38.5 Å². The Bertz CT molecular complexity index is 571. The number of rotatable bonds is 13. The summed E-state index contributed by atoms with van der Waals surface area (Å²) in [5, 5.41) is 3.48. The molecule has 2 aromatic carbocycles. The molecule has 0 radical (unpaired) electrons. The van der Waals surface area contributed by atoms with Gasteiger partial charge < -0.3 is 14.8 Å². The number of anilines is 1. The Hall–Kier alpha value is -2.16. The van der Waals surface area contributed by atoms with Gasteiger partial charge in [-0.1, -0.05) is 63.3 Å². The van der Waals surface area contributed by atoms with Crippen LogP contribution in [0.25, 0.3) is 0 Å². The van der Waals surface area contributed by atoms with Crippen LogP contribution in [-0.4, -0.2) is 19.8 Å². The molecule has 0 fully saturated rings. The van der Waals surface area contributed by atoms with Crippen molar-refractivity contribution >= 4 is 5.69 Å². The van der Waals surface area contributed by atoms with Gasteiger partial charge in [0.1, 0.15) is 24.7 Å². The average molecular weight is 341 g/mol. The lowest BCUT2D eigenvalue weighted by atomic mass is 10.1. The minimum absolute atomic E-state index is 0.537. The first kappa shape index (κ1) is 19.2. The molecule has 136 valence electrons. The molecule has 2 rings (SSSR count). The quantitative estimate of drug-likeness (QED) is 0.459. The van der Waals surface area contributed by atoms with Gasteiger partial charge in [0.2, 0.25) is 0 Å². The van der Waals surface area contributed by atoms with Crippen LogP contribution in [0.5, 0.6) is 11.5 Å². The smallest absolute Gasteiger partial charge is 0.122 e. The zero-order chi connectivity index (χ0) is 17.6. The summed E-state index contributed by atoms with van der Waals surface area (Å²) in [6.07, 6.45) is 7.91. The molecule has 0 aliphatic rings. The molecule has 0 spiro atoms. The molecule has 0 saturated carbocycles. The molecule has 0 heterocycles. The second-order valence-corrected chi connectivity index (χ2v) is 6.23. The second kappa shape index (κ2) is 12.2. The maximum atomic E-state index is 5.78. The van der Waals surface area contributed by atoms with Crippen LogP contribution in [-0.2, 0) is 0 Å². The normalized spacial score (nSPS) is 10.4. The van der Waals surface area contributed by atoms with Gasteiger partial charge in [0.15, 0.2) is 0 Å². The van der Waals surface area contributed by atoms with E-state index in [0.717, 1.165) is 23.7 Å². The van der Waals surface area contributed by atoms with Gasteiger partial charge in [0, 0.05) is 18.3 Å². The predicted octanol–water partition coefficient (Wildman–Crippen LogP) is 5.92. The lowest BCUT2D eigenvalue weighted by molar-refractivity contribution is 0.217. The van der Waals surface area contributed by atoms with E-state index in [0.29, 0.717) is 13.2 Å². The second-order valence-electron chi connectivity index (χ2n) is 6.23. The van der Waals surface area contributed by atoms with Crippen LogP contribution in [0, 0.1) is 0 Å². The van der Waals surface area contributed by atoms with Gasteiger partial charge in [0.25, 0.3) is 0 Å². The first-order valence-electron chi connectivity index (χ1n) is 9.53. The van der Waals surface area contributed by atoms with E-state index < -0.39 is 0 Å². The molecule has 0 aliphatic heterocycles. The van der Waals surface area contributed by atoms with Crippen LogP contribution in [0.2, 0.25) is 0 Å². The zero-order valence-corrected chi connectivity index (χ0v) is 15.4. The highest BCUT2D eigenvalue weighted by Crippen LogP contribution is 2.18. The summed E-state index contributed by atoms with van der Waals surface area (Å²) in [5.74, 6) is 1.75. The van der Waals surface area contributed by atoms with E-state index in [-0.39, 0.29) is 0 Å². The van der Waals surface area contributed by atoms with Gasteiger partial charge in [-0.3, -0.25) is 0 Å². The van der Waals surface area contributed by atoms with E-state index in [9.17, 15) is 0 Å². The fraction of sp³-hybridized carbons (Fsp3) is 0.455. The van der Waals surface area contributed by atoms with Crippen molar-refractivity contribution in [1.29, 1.82) is 0 Å². The third-order valence-electron chi connectivity index (χ3n) is 4.06. The molecule has 0 unspecified atom stereocenters. The van der Waals surface area contributed by atoms with Gasteiger partial charge in [-0.2, -0.15) is 0 Å². The Balaban J connectivity index is 1.60. The minimum Gasteiger partial charge on any atom is -0.490 e. The monoisotopic (exact) mass is 341 g/mol. The molecular formula is C22H31NO2. The summed E-state index contributed by atoms with van der Waals surface area (Å²) in [6.45, 7) is 4.35. The molecule has 0 atom stereocenters. The standard InChI is InChI=1S/C22H31NO2/c1-2-3-4-5-6-10-16-23-20-12-11-15-22(19-20)25-18-17-24-21-13-8-7-9-14-21/h7-9,11-15,19,23H,2-6,10,16-18H2,1H3. The molecular weight excluding hydrogens is 310 g/mol. The first-order chi connectivity index (χ1) is 12.4. The van der Waals surface area contributed by atoms with Crippen molar-refractivity contribution in [2.45, 2.75) is 45.4 Å². The largest absolute Gasteiger partial charge is 0.490 e. The Morgan fingerprint density at radius 1 is 0.720 bits per heavy atom. The molecule has 0 amide bonds. The summed E-state index contributed by atoms with van der Waals surface area (Å²) >= 11 is 0. The molecule has 0 saturated heterocycles. The van der Waals surface area contributed by atoms with Gasteiger partial charge in [-0.15, -0.1) is 0 Å². The molecule has 3 heteroatoms. The molecule has 0 aromatic heterocycles. The summed E-state index contributed by atoms with van der Waals surface area (Å²) < 4.78 is 11.4. The van der Waals surface area contributed by atoms with Crippen LogP contribution in [0.1, 0.15) is 45.4 Å². The highest BCUT2D eigenvalue weighted by molar-refractivity contribution is 5.48. The third kappa shape index (κ3) is 8.48. The topological polar surface area (TPSA) is 30.5 Å². The summed E-state index contributed by atoms with van der Waals surface area (Å²) in [5.41, 5.74) is 1.12. The van der Waals surface area contributed by atoms with Crippen molar-refractivity contribution in [1.82, 2.24) is 0 Å². The number of unbranched alkanes of at least 4 members (excludes halogenated alkanes) is 5. The average Bonchev–Trinajstić information content (AvgIpc) is 2.66. The van der Waals surface area contributed by atoms with Gasteiger partial charge in [0.05, 0.1) is 0 Å². The van der Waals surface area contributed by atoms with Crippen molar-refractivity contribution in [2.75, 3.05) is 25.1 Å². The van der Waals surface area contributed by atoms with Gasteiger partial charge in [-0.25, -0.2) is 0 Å². The van der Waals surface area contributed by atoms with E-state index >= 15 is 0 Å². The van der Waals surface area contributed by atoms with E-state index in [1.807, 2.05) is 42.5 Å². The first-order valence-corrected chi connectivity index (χ1v) is 9.53. The molecule has 25 heavy (non-hydrogen) atoms. The van der Waals surface area contributed by atoms with E-state index in [2.05, 4.69) is 24.4 Å².